The second-order valence-corrected chi connectivity index (χ2v) is 8.70. The van der Waals surface area contributed by atoms with Crippen LogP contribution >= 0.6 is 27.3 Å². The molecule has 0 aliphatic heterocycles. The predicted molar refractivity (Wildman–Crippen MR) is 79.7 cm³/mol. The minimum Gasteiger partial charge on any atom is -0.314 e. The van der Waals surface area contributed by atoms with Crippen LogP contribution in [0.4, 0.5) is 0 Å². The molecule has 0 spiro atoms. The van der Waals surface area contributed by atoms with Gasteiger partial charge in [-0.25, -0.2) is 13.1 Å². The van der Waals surface area contributed by atoms with Crippen molar-refractivity contribution in [1.29, 1.82) is 0 Å². The summed E-state index contributed by atoms with van der Waals surface area (Å²) >= 11 is 4.73. The normalized spacial score (nSPS) is 12.3. The number of halogens is 1. The highest BCUT2D eigenvalue weighted by Gasteiger charge is 2.18. The van der Waals surface area contributed by atoms with Gasteiger partial charge in [-0.1, -0.05) is 13.8 Å². The molecule has 1 rings (SSSR count). The third-order valence-electron chi connectivity index (χ3n) is 2.33. The molecule has 0 bridgehead atoms. The van der Waals surface area contributed by atoms with E-state index < -0.39 is 10.0 Å². The van der Waals surface area contributed by atoms with Crippen LogP contribution in [0, 0.1) is 6.92 Å². The average Bonchev–Trinajstić information content (AvgIpc) is 2.57. The van der Waals surface area contributed by atoms with Gasteiger partial charge in [0.1, 0.15) is 0 Å². The van der Waals surface area contributed by atoms with Crippen LogP contribution in [-0.2, 0) is 10.0 Å². The zero-order valence-corrected chi connectivity index (χ0v) is 14.0. The van der Waals surface area contributed by atoms with E-state index in [4.69, 9.17) is 0 Å². The molecule has 0 amide bonds. The Labute approximate surface area is 121 Å². The minimum atomic E-state index is -3.37. The zero-order chi connectivity index (χ0) is 13.8. The summed E-state index contributed by atoms with van der Waals surface area (Å²) in [5.74, 6) is 0. The third kappa shape index (κ3) is 4.97. The summed E-state index contributed by atoms with van der Waals surface area (Å²) in [4.78, 5) is 1.17. The molecule has 1 aromatic rings. The molecule has 4 nitrogen and oxygen atoms in total. The van der Waals surface area contributed by atoms with Crippen molar-refractivity contribution in [2.24, 2.45) is 0 Å². The quantitative estimate of drug-likeness (QED) is 0.739. The molecule has 0 fully saturated rings. The lowest BCUT2D eigenvalue weighted by molar-refractivity contribution is 0.554. The van der Waals surface area contributed by atoms with Gasteiger partial charge >= 0.3 is 0 Å². The van der Waals surface area contributed by atoms with E-state index in [1.54, 1.807) is 6.07 Å². The number of hydrogen-bond acceptors (Lipinski definition) is 4. The molecule has 0 saturated heterocycles. The van der Waals surface area contributed by atoms with Gasteiger partial charge in [0.15, 0.2) is 0 Å². The van der Waals surface area contributed by atoms with E-state index in [0.29, 0.717) is 17.5 Å². The van der Waals surface area contributed by atoms with Crippen molar-refractivity contribution in [2.45, 2.75) is 38.1 Å². The van der Waals surface area contributed by atoms with Gasteiger partial charge in [-0.05, 0) is 41.9 Å². The minimum absolute atomic E-state index is 0.371. The Morgan fingerprint density at radius 2 is 2.06 bits per heavy atom. The van der Waals surface area contributed by atoms with Gasteiger partial charge in [0, 0.05) is 17.5 Å². The number of hydrogen-bond donors (Lipinski definition) is 2. The van der Waals surface area contributed by atoms with Crippen LogP contribution in [0.25, 0.3) is 0 Å². The fourth-order valence-corrected chi connectivity index (χ4v) is 4.95. The smallest absolute Gasteiger partial charge is 0.241 e. The molecule has 1 heterocycles. The molecule has 0 aromatic carbocycles. The molecule has 1 aromatic heterocycles. The van der Waals surface area contributed by atoms with Gasteiger partial charge in [-0.15, -0.1) is 11.3 Å². The Morgan fingerprint density at radius 3 is 2.56 bits per heavy atom. The predicted octanol–water partition coefficient (Wildman–Crippen LogP) is 2.49. The van der Waals surface area contributed by atoms with Crippen LogP contribution in [0.1, 0.15) is 25.1 Å². The average molecular weight is 355 g/mol. The summed E-state index contributed by atoms with van der Waals surface area (Å²) in [6, 6.07) is 2.08. The van der Waals surface area contributed by atoms with Gasteiger partial charge in [0.05, 0.1) is 8.68 Å². The first-order chi connectivity index (χ1) is 8.33. The Kier molecular flexibility index (Phi) is 6.26. The Bertz CT molecular complexity index is 483. The third-order valence-corrected chi connectivity index (χ3v) is 5.60. The molecule has 0 atom stereocenters. The maximum atomic E-state index is 12.0. The van der Waals surface area contributed by atoms with Crippen molar-refractivity contribution in [3.05, 3.63) is 14.7 Å². The summed E-state index contributed by atoms with van der Waals surface area (Å²) in [7, 11) is -3.37. The topological polar surface area (TPSA) is 58.2 Å². The van der Waals surface area contributed by atoms with E-state index in [9.17, 15) is 8.42 Å². The van der Waals surface area contributed by atoms with Crippen molar-refractivity contribution in [3.8, 4) is 0 Å². The Morgan fingerprint density at radius 1 is 1.39 bits per heavy atom. The lowest BCUT2D eigenvalue weighted by Gasteiger charge is -2.09. The van der Waals surface area contributed by atoms with Crippen LogP contribution in [0.3, 0.4) is 0 Å². The summed E-state index contributed by atoms with van der Waals surface area (Å²) in [6.45, 7) is 7.21. The Balaban J connectivity index is 2.48. The highest BCUT2D eigenvalue weighted by molar-refractivity contribution is 9.11. The molecule has 18 heavy (non-hydrogen) atoms. The first-order valence-electron chi connectivity index (χ1n) is 5.82. The summed E-state index contributed by atoms with van der Waals surface area (Å²) in [5, 5.41) is 3.25. The fourth-order valence-electron chi connectivity index (χ4n) is 1.46. The van der Waals surface area contributed by atoms with Gasteiger partial charge in [0.25, 0.3) is 0 Å². The highest BCUT2D eigenvalue weighted by atomic mass is 79.9. The van der Waals surface area contributed by atoms with Gasteiger partial charge in [0.2, 0.25) is 10.0 Å². The van der Waals surface area contributed by atoms with Crippen molar-refractivity contribution in [2.75, 3.05) is 13.1 Å². The largest absolute Gasteiger partial charge is 0.314 e. The molecule has 0 aliphatic carbocycles. The van der Waals surface area contributed by atoms with E-state index in [1.807, 2.05) is 6.92 Å². The molecule has 0 radical (unpaired) electrons. The molecule has 0 saturated carbocycles. The molecule has 0 unspecified atom stereocenters. The monoisotopic (exact) mass is 354 g/mol. The number of thiophene rings is 1. The van der Waals surface area contributed by atoms with Crippen molar-refractivity contribution >= 4 is 37.3 Å². The maximum Gasteiger partial charge on any atom is 0.241 e. The van der Waals surface area contributed by atoms with Gasteiger partial charge in [-0.2, -0.15) is 0 Å². The first-order valence-corrected chi connectivity index (χ1v) is 8.91. The second kappa shape index (κ2) is 7.00. The van der Waals surface area contributed by atoms with E-state index >= 15 is 0 Å². The van der Waals surface area contributed by atoms with E-state index in [1.165, 1.54) is 11.3 Å². The SMILES string of the molecule is Cc1sc(Br)cc1S(=O)(=O)NCCCNC(C)C. The molecule has 0 aliphatic rings. The van der Waals surface area contributed by atoms with E-state index in [0.717, 1.165) is 21.6 Å². The fraction of sp³-hybridized carbons (Fsp3) is 0.636. The second-order valence-electron chi connectivity index (χ2n) is 4.33. The zero-order valence-electron chi connectivity index (χ0n) is 10.8. The van der Waals surface area contributed by atoms with Crippen LogP contribution in [-0.4, -0.2) is 27.5 Å². The van der Waals surface area contributed by atoms with Crippen molar-refractivity contribution in [1.82, 2.24) is 10.0 Å². The number of sulfonamides is 1. The number of rotatable bonds is 7. The van der Waals surface area contributed by atoms with Gasteiger partial charge in [-0.3, -0.25) is 0 Å². The van der Waals surface area contributed by atoms with E-state index in [2.05, 4.69) is 39.8 Å². The van der Waals surface area contributed by atoms with Crippen molar-refractivity contribution in [3.63, 3.8) is 0 Å². The molecule has 7 heteroatoms. The molecule has 2 N–H and O–H groups in total. The van der Waals surface area contributed by atoms with Crippen molar-refractivity contribution < 1.29 is 8.42 Å². The molecular formula is C11H19BrN2O2S2. The summed E-state index contributed by atoms with van der Waals surface area (Å²) in [5.41, 5.74) is 0. The maximum absolute atomic E-state index is 12.0. The lowest BCUT2D eigenvalue weighted by Crippen LogP contribution is -2.29. The molecule has 104 valence electrons. The molecular weight excluding hydrogens is 336 g/mol. The number of aryl methyl sites for hydroxylation is 1. The summed E-state index contributed by atoms with van der Waals surface area (Å²) in [6.07, 6.45) is 0.780. The van der Waals surface area contributed by atoms with Gasteiger partial charge < -0.3 is 5.32 Å². The number of nitrogens with one attached hydrogen (secondary N) is 2. The van der Waals surface area contributed by atoms with Crippen LogP contribution in [0.5, 0.6) is 0 Å². The highest BCUT2D eigenvalue weighted by Crippen LogP contribution is 2.29. The standard InChI is InChI=1S/C11H19BrN2O2S2/c1-8(2)13-5-4-6-14-18(15,16)10-7-11(12)17-9(10)3/h7-8,13-14H,4-6H2,1-3H3. The van der Waals surface area contributed by atoms with Crippen LogP contribution in [0.15, 0.2) is 14.7 Å². The Hall–Kier alpha value is 0.0500. The van der Waals surface area contributed by atoms with E-state index in [-0.39, 0.29) is 0 Å². The lowest BCUT2D eigenvalue weighted by atomic mass is 10.3. The first kappa shape index (κ1) is 16.1. The summed E-state index contributed by atoms with van der Waals surface area (Å²) < 4.78 is 27.5. The van der Waals surface area contributed by atoms with Crippen LogP contribution < -0.4 is 10.0 Å². The van der Waals surface area contributed by atoms with Crippen LogP contribution in [0.2, 0.25) is 0 Å².